The van der Waals surface area contributed by atoms with Crippen molar-refractivity contribution in [1.29, 1.82) is 0 Å². The Hall–Kier alpha value is -4.67. The van der Waals surface area contributed by atoms with Gasteiger partial charge in [-0.2, -0.15) is 0 Å². The molecule has 2 amide bonds. The molecular weight excluding hydrogens is 517 g/mol. The van der Waals surface area contributed by atoms with Gasteiger partial charge in [-0.3, -0.25) is 14.5 Å². The fourth-order valence-corrected chi connectivity index (χ4v) is 4.42. The van der Waals surface area contributed by atoms with Gasteiger partial charge in [-0.05, 0) is 68.8 Å². The number of aromatic nitrogens is 3. The van der Waals surface area contributed by atoms with Crippen molar-refractivity contribution in [3.63, 3.8) is 0 Å². The zero-order valence-corrected chi connectivity index (χ0v) is 23.3. The first-order chi connectivity index (χ1) is 19.1. The van der Waals surface area contributed by atoms with E-state index in [-0.39, 0.29) is 12.2 Å². The number of carbonyl (C=O) groups excluding carboxylic acids is 2. The van der Waals surface area contributed by atoms with E-state index >= 15 is 0 Å². The number of benzene rings is 3. The molecule has 210 valence electrons. The fraction of sp³-hybridized carbons (Fsp3) is 0.310. The highest BCUT2D eigenvalue weighted by molar-refractivity contribution is 6.02. The molecule has 0 bridgehead atoms. The van der Waals surface area contributed by atoms with E-state index in [1.165, 1.54) is 49.1 Å². The average Bonchev–Trinajstić information content (AvgIpc) is 3.32. The molecule has 0 aliphatic rings. The van der Waals surface area contributed by atoms with Crippen molar-refractivity contribution < 1.29 is 28.2 Å². The Balaban J connectivity index is 1.92. The zero-order chi connectivity index (χ0) is 29.0. The summed E-state index contributed by atoms with van der Waals surface area (Å²) >= 11 is 0. The lowest BCUT2D eigenvalue weighted by atomic mass is 9.99. The summed E-state index contributed by atoms with van der Waals surface area (Å²) in [6.07, 6.45) is 0. The summed E-state index contributed by atoms with van der Waals surface area (Å²) in [6, 6.07) is 14.6. The quantitative estimate of drug-likeness (QED) is 0.332. The summed E-state index contributed by atoms with van der Waals surface area (Å²) < 4.78 is 32.5. The van der Waals surface area contributed by atoms with Crippen LogP contribution in [0.1, 0.15) is 32.4 Å². The lowest BCUT2D eigenvalue weighted by Crippen LogP contribution is -2.50. The number of carbonyl (C=O) groups is 2. The first-order valence-corrected chi connectivity index (χ1v) is 12.5. The van der Waals surface area contributed by atoms with Crippen LogP contribution in [0.25, 0.3) is 11.0 Å². The molecule has 1 heterocycles. The van der Waals surface area contributed by atoms with Crippen molar-refractivity contribution in [2.45, 2.75) is 38.9 Å². The Morgan fingerprint density at radius 1 is 0.975 bits per heavy atom. The van der Waals surface area contributed by atoms with E-state index in [4.69, 9.17) is 14.2 Å². The van der Waals surface area contributed by atoms with E-state index in [1.54, 1.807) is 30.3 Å². The minimum Gasteiger partial charge on any atom is -0.493 e. The van der Waals surface area contributed by atoms with Gasteiger partial charge in [0.2, 0.25) is 17.6 Å². The van der Waals surface area contributed by atoms with E-state index in [1.807, 2.05) is 32.9 Å². The molecule has 0 saturated carbocycles. The molecule has 4 rings (SSSR count). The van der Waals surface area contributed by atoms with Crippen LogP contribution < -0.4 is 24.4 Å². The smallest absolute Gasteiger partial charge is 0.249 e. The lowest BCUT2D eigenvalue weighted by Gasteiger charge is -2.34. The van der Waals surface area contributed by atoms with Crippen LogP contribution in [0.5, 0.6) is 17.2 Å². The molecule has 1 aromatic heterocycles. The minimum absolute atomic E-state index is 0.178. The summed E-state index contributed by atoms with van der Waals surface area (Å²) in [6.45, 7) is 5.22. The first kappa shape index (κ1) is 28.3. The number of ether oxygens (including phenoxy) is 3. The van der Waals surface area contributed by atoms with Crippen LogP contribution in [-0.2, 0) is 16.1 Å². The molecule has 0 aliphatic heterocycles. The Morgan fingerprint density at radius 2 is 1.65 bits per heavy atom. The van der Waals surface area contributed by atoms with Gasteiger partial charge < -0.3 is 19.5 Å². The van der Waals surface area contributed by atoms with E-state index in [0.29, 0.717) is 33.8 Å². The summed E-state index contributed by atoms with van der Waals surface area (Å²) in [7, 11) is 4.38. The van der Waals surface area contributed by atoms with Crippen LogP contribution in [0.2, 0.25) is 0 Å². The minimum atomic E-state index is -1.25. The van der Waals surface area contributed by atoms with Gasteiger partial charge in [0, 0.05) is 11.2 Å². The van der Waals surface area contributed by atoms with Crippen LogP contribution in [-0.4, -0.2) is 53.7 Å². The highest BCUT2D eigenvalue weighted by atomic mass is 19.1. The zero-order valence-electron chi connectivity index (χ0n) is 23.3. The number of anilines is 1. The summed E-state index contributed by atoms with van der Waals surface area (Å²) in [4.78, 5) is 29.4. The van der Waals surface area contributed by atoms with Gasteiger partial charge in [-0.1, -0.05) is 23.4 Å². The fourth-order valence-electron chi connectivity index (χ4n) is 4.42. The van der Waals surface area contributed by atoms with Crippen molar-refractivity contribution in [2.24, 2.45) is 0 Å². The Bertz CT molecular complexity index is 1510. The second-order valence-corrected chi connectivity index (χ2v) is 10.1. The SMILES string of the molecule is COc1cc([C@H](C(=O)NC(C)(C)C)N(C(=O)Cn2nnc3ccccc32)c2cccc(F)c2)cc(OC)c1OC. The number of para-hydroxylation sites is 1. The predicted molar refractivity (Wildman–Crippen MR) is 148 cm³/mol. The van der Waals surface area contributed by atoms with Crippen LogP contribution in [0, 0.1) is 5.82 Å². The number of hydrogen-bond donors (Lipinski definition) is 1. The number of methoxy groups -OCH3 is 3. The topological polar surface area (TPSA) is 108 Å². The first-order valence-electron chi connectivity index (χ1n) is 12.5. The molecule has 1 N–H and O–H groups in total. The van der Waals surface area contributed by atoms with Gasteiger partial charge >= 0.3 is 0 Å². The second kappa shape index (κ2) is 11.6. The molecule has 0 saturated heterocycles. The standard InChI is InChI=1S/C29H32FN5O5/c1-29(2,3)31-28(37)26(18-14-23(38-4)27(40-6)24(15-18)39-5)35(20-11-9-10-19(30)16-20)25(36)17-34-22-13-8-7-12-21(22)32-33-34/h7-16,26H,17H2,1-6H3,(H,31,37)/t26-/m1/s1. The molecular formula is C29H32FN5O5. The van der Waals surface area contributed by atoms with Crippen molar-refractivity contribution in [3.05, 3.63) is 72.0 Å². The number of hydrogen-bond acceptors (Lipinski definition) is 7. The van der Waals surface area contributed by atoms with Crippen molar-refractivity contribution in [3.8, 4) is 17.2 Å². The van der Waals surface area contributed by atoms with Gasteiger partial charge in [-0.25, -0.2) is 9.07 Å². The molecule has 11 heteroatoms. The van der Waals surface area contributed by atoms with Gasteiger partial charge in [0.15, 0.2) is 11.5 Å². The highest BCUT2D eigenvalue weighted by Gasteiger charge is 2.36. The Morgan fingerprint density at radius 3 is 2.25 bits per heavy atom. The van der Waals surface area contributed by atoms with Gasteiger partial charge in [-0.15, -0.1) is 5.10 Å². The number of nitrogens with zero attached hydrogens (tertiary/aromatic N) is 4. The lowest BCUT2D eigenvalue weighted by molar-refractivity contribution is -0.128. The molecule has 0 spiro atoms. The molecule has 0 fully saturated rings. The Kier molecular flexibility index (Phi) is 8.22. The summed E-state index contributed by atoms with van der Waals surface area (Å²) in [5, 5.41) is 11.2. The van der Waals surface area contributed by atoms with Gasteiger partial charge in [0.1, 0.15) is 23.9 Å². The third-order valence-corrected chi connectivity index (χ3v) is 6.07. The number of halogens is 1. The molecule has 10 nitrogen and oxygen atoms in total. The van der Waals surface area contributed by atoms with Crippen molar-refractivity contribution in [2.75, 3.05) is 26.2 Å². The normalized spacial score (nSPS) is 12.1. The number of amides is 2. The maximum Gasteiger partial charge on any atom is 0.249 e. The van der Waals surface area contributed by atoms with Crippen LogP contribution in [0.15, 0.2) is 60.7 Å². The number of rotatable bonds is 9. The maximum atomic E-state index is 14.5. The van der Waals surface area contributed by atoms with E-state index in [0.717, 1.165) is 0 Å². The average molecular weight is 550 g/mol. The predicted octanol–water partition coefficient (Wildman–Crippen LogP) is 4.29. The molecule has 0 aliphatic carbocycles. The Labute approximate surface area is 231 Å². The van der Waals surface area contributed by atoms with Crippen LogP contribution in [0.3, 0.4) is 0 Å². The number of fused-ring (bicyclic) bond motifs is 1. The third-order valence-electron chi connectivity index (χ3n) is 6.07. The van der Waals surface area contributed by atoms with Crippen molar-refractivity contribution in [1.82, 2.24) is 20.3 Å². The second-order valence-electron chi connectivity index (χ2n) is 10.1. The molecule has 1 atom stereocenters. The monoisotopic (exact) mass is 549 g/mol. The summed E-state index contributed by atoms with van der Waals surface area (Å²) in [5.74, 6) is -0.687. The van der Waals surface area contributed by atoms with Crippen LogP contribution >= 0.6 is 0 Å². The highest BCUT2D eigenvalue weighted by Crippen LogP contribution is 2.42. The molecule has 4 aromatic rings. The number of nitrogens with one attached hydrogen (secondary N) is 1. The molecule has 0 unspecified atom stereocenters. The maximum absolute atomic E-state index is 14.5. The summed E-state index contributed by atoms with van der Waals surface area (Å²) in [5.41, 5.74) is 1.14. The van der Waals surface area contributed by atoms with Crippen LogP contribution in [0.4, 0.5) is 10.1 Å². The van der Waals surface area contributed by atoms with Gasteiger partial charge in [0.05, 0.1) is 26.8 Å². The van der Waals surface area contributed by atoms with Crippen molar-refractivity contribution >= 4 is 28.5 Å². The van der Waals surface area contributed by atoms with E-state index in [9.17, 15) is 14.0 Å². The van der Waals surface area contributed by atoms with E-state index < -0.39 is 29.2 Å². The molecule has 40 heavy (non-hydrogen) atoms. The van der Waals surface area contributed by atoms with E-state index in [2.05, 4.69) is 15.6 Å². The third kappa shape index (κ3) is 5.98. The molecule has 3 aromatic carbocycles. The van der Waals surface area contributed by atoms with Gasteiger partial charge in [0.25, 0.3) is 0 Å². The molecule has 0 radical (unpaired) electrons. The largest absolute Gasteiger partial charge is 0.493 e.